The maximum atomic E-state index is 12.4. The van der Waals surface area contributed by atoms with E-state index >= 15 is 0 Å². The molecule has 0 amide bonds. The number of carbonyl (C=O) groups is 1. The highest BCUT2D eigenvalue weighted by Crippen LogP contribution is 2.23. The van der Waals surface area contributed by atoms with Gasteiger partial charge in [0.2, 0.25) is 0 Å². The third-order valence-corrected chi connectivity index (χ3v) is 4.83. The minimum Gasteiger partial charge on any atom is -0.331 e. The van der Waals surface area contributed by atoms with Crippen molar-refractivity contribution in [2.45, 2.75) is 20.3 Å². The summed E-state index contributed by atoms with van der Waals surface area (Å²) >= 11 is 1.57. The van der Waals surface area contributed by atoms with E-state index in [-0.39, 0.29) is 5.78 Å². The summed E-state index contributed by atoms with van der Waals surface area (Å²) in [4.78, 5) is 19.0. The Labute approximate surface area is 121 Å². The van der Waals surface area contributed by atoms with E-state index in [1.54, 1.807) is 11.3 Å². The van der Waals surface area contributed by atoms with Crippen molar-refractivity contribution >= 4 is 28.2 Å². The highest BCUT2D eigenvalue weighted by atomic mass is 32.1. The fourth-order valence-electron chi connectivity index (χ4n) is 2.29. The van der Waals surface area contributed by atoms with E-state index < -0.39 is 0 Å². The van der Waals surface area contributed by atoms with Crippen molar-refractivity contribution in [3.05, 3.63) is 51.5 Å². The Morgan fingerprint density at radius 3 is 2.70 bits per heavy atom. The molecule has 3 nitrogen and oxygen atoms in total. The van der Waals surface area contributed by atoms with Gasteiger partial charge in [-0.3, -0.25) is 4.79 Å². The lowest BCUT2D eigenvalue weighted by molar-refractivity contribution is 0.0994. The van der Waals surface area contributed by atoms with Crippen molar-refractivity contribution in [3.63, 3.8) is 0 Å². The van der Waals surface area contributed by atoms with Gasteiger partial charge in [0.1, 0.15) is 5.82 Å². The Balaban J connectivity index is 1.93. The molecule has 3 rings (SSSR count). The van der Waals surface area contributed by atoms with Gasteiger partial charge in [0.25, 0.3) is 0 Å². The molecular formula is C16H16N2OS. The predicted octanol–water partition coefficient (Wildman–Crippen LogP) is 3.68. The van der Waals surface area contributed by atoms with E-state index in [2.05, 4.69) is 4.98 Å². The summed E-state index contributed by atoms with van der Waals surface area (Å²) in [6.07, 6.45) is 0.352. The van der Waals surface area contributed by atoms with Crippen LogP contribution in [0.15, 0.2) is 30.3 Å². The van der Waals surface area contributed by atoms with E-state index in [0.29, 0.717) is 6.42 Å². The van der Waals surface area contributed by atoms with E-state index in [1.165, 1.54) is 10.4 Å². The van der Waals surface area contributed by atoms with Crippen molar-refractivity contribution in [2.75, 3.05) is 0 Å². The summed E-state index contributed by atoms with van der Waals surface area (Å²) in [5, 5.41) is 0. The number of hydrogen-bond acceptors (Lipinski definition) is 3. The van der Waals surface area contributed by atoms with Gasteiger partial charge in [-0.05, 0) is 37.6 Å². The monoisotopic (exact) mass is 284 g/mol. The van der Waals surface area contributed by atoms with Crippen LogP contribution in [0.3, 0.4) is 0 Å². The molecule has 0 fully saturated rings. The zero-order valence-electron chi connectivity index (χ0n) is 11.8. The highest BCUT2D eigenvalue weighted by molar-refractivity contribution is 7.14. The molecule has 0 saturated carbocycles. The van der Waals surface area contributed by atoms with Crippen LogP contribution in [0, 0.1) is 13.8 Å². The van der Waals surface area contributed by atoms with Crippen molar-refractivity contribution in [1.29, 1.82) is 0 Å². The average Bonchev–Trinajstić information content (AvgIpc) is 2.92. The predicted molar refractivity (Wildman–Crippen MR) is 82.5 cm³/mol. The van der Waals surface area contributed by atoms with Crippen LogP contribution in [0.25, 0.3) is 11.0 Å². The lowest BCUT2D eigenvalue weighted by Gasteiger charge is -2.00. The number of rotatable bonds is 3. The van der Waals surface area contributed by atoms with Crippen LogP contribution in [0.5, 0.6) is 0 Å². The van der Waals surface area contributed by atoms with Crippen molar-refractivity contribution < 1.29 is 4.79 Å². The van der Waals surface area contributed by atoms with Gasteiger partial charge in [-0.2, -0.15) is 0 Å². The van der Waals surface area contributed by atoms with Gasteiger partial charge in [0, 0.05) is 11.9 Å². The number of ketones is 1. The molecule has 0 radical (unpaired) electrons. The normalized spacial score (nSPS) is 11.2. The second-order valence-corrected chi connectivity index (χ2v) is 6.28. The number of carbonyl (C=O) groups excluding carboxylic acids is 1. The maximum absolute atomic E-state index is 12.4. The molecular weight excluding hydrogens is 268 g/mol. The molecule has 4 heteroatoms. The SMILES string of the molecule is Cc1cc(C(=O)Cc2nc3ccccc3n2C)sc1C. The molecule has 0 aliphatic rings. The van der Waals surface area contributed by atoms with Crippen molar-refractivity contribution in [3.8, 4) is 0 Å². The number of thiophene rings is 1. The molecule has 0 bridgehead atoms. The summed E-state index contributed by atoms with van der Waals surface area (Å²) in [6.45, 7) is 4.09. The molecule has 0 aliphatic heterocycles. The first-order valence-electron chi connectivity index (χ1n) is 6.57. The summed E-state index contributed by atoms with van der Waals surface area (Å²) in [7, 11) is 1.96. The molecule has 0 aliphatic carbocycles. The Morgan fingerprint density at radius 1 is 1.30 bits per heavy atom. The maximum Gasteiger partial charge on any atom is 0.180 e. The quantitative estimate of drug-likeness (QED) is 0.688. The van der Waals surface area contributed by atoms with Crippen LogP contribution in [0.1, 0.15) is 25.9 Å². The molecule has 3 aromatic rings. The van der Waals surface area contributed by atoms with Gasteiger partial charge in [-0.1, -0.05) is 12.1 Å². The first-order chi connectivity index (χ1) is 9.56. The number of aromatic nitrogens is 2. The molecule has 2 heterocycles. The fraction of sp³-hybridized carbons (Fsp3) is 0.250. The van der Waals surface area contributed by atoms with E-state index in [9.17, 15) is 4.79 Å². The first-order valence-corrected chi connectivity index (χ1v) is 7.38. The van der Waals surface area contributed by atoms with Gasteiger partial charge in [0.05, 0.1) is 22.3 Å². The zero-order chi connectivity index (χ0) is 14.3. The molecule has 102 valence electrons. The fourth-order valence-corrected chi connectivity index (χ4v) is 3.27. The summed E-state index contributed by atoms with van der Waals surface area (Å²) in [5.41, 5.74) is 3.19. The molecule has 2 aromatic heterocycles. The third kappa shape index (κ3) is 2.16. The van der Waals surface area contributed by atoms with E-state index in [0.717, 1.165) is 21.7 Å². The largest absolute Gasteiger partial charge is 0.331 e. The van der Waals surface area contributed by atoms with Gasteiger partial charge in [0.15, 0.2) is 5.78 Å². The summed E-state index contributed by atoms with van der Waals surface area (Å²) in [6, 6.07) is 9.93. The summed E-state index contributed by atoms with van der Waals surface area (Å²) < 4.78 is 2.00. The summed E-state index contributed by atoms with van der Waals surface area (Å²) in [5.74, 6) is 0.963. The number of hydrogen-bond donors (Lipinski definition) is 0. The second-order valence-electron chi connectivity index (χ2n) is 5.03. The van der Waals surface area contributed by atoms with Crippen LogP contribution >= 0.6 is 11.3 Å². The molecule has 0 atom stereocenters. The van der Waals surface area contributed by atoms with Crippen LogP contribution in [0.2, 0.25) is 0 Å². The van der Waals surface area contributed by atoms with Crippen LogP contribution < -0.4 is 0 Å². The first kappa shape index (κ1) is 13.1. The number of fused-ring (bicyclic) bond motifs is 1. The second kappa shape index (κ2) is 4.87. The van der Waals surface area contributed by atoms with Gasteiger partial charge < -0.3 is 4.57 Å². The average molecular weight is 284 g/mol. The van der Waals surface area contributed by atoms with Gasteiger partial charge in [-0.15, -0.1) is 11.3 Å². The van der Waals surface area contributed by atoms with Crippen LogP contribution in [-0.4, -0.2) is 15.3 Å². The lowest BCUT2D eigenvalue weighted by Crippen LogP contribution is -2.07. The molecule has 0 unspecified atom stereocenters. The highest BCUT2D eigenvalue weighted by Gasteiger charge is 2.15. The number of nitrogens with zero attached hydrogens (tertiary/aromatic N) is 2. The molecule has 20 heavy (non-hydrogen) atoms. The Kier molecular flexibility index (Phi) is 3.18. The number of para-hydroxylation sites is 2. The number of imidazole rings is 1. The number of benzene rings is 1. The van der Waals surface area contributed by atoms with Crippen LogP contribution in [-0.2, 0) is 13.5 Å². The Morgan fingerprint density at radius 2 is 2.05 bits per heavy atom. The van der Waals surface area contributed by atoms with Gasteiger partial charge in [-0.25, -0.2) is 4.98 Å². The topological polar surface area (TPSA) is 34.9 Å². The minimum absolute atomic E-state index is 0.143. The number of aryl methyl sites for hydroxylation is 3. The Hall–Kier alpha value is -1.94. The van der Waals surface area contributed by atoms with Crippen LogP contribution in [0.4, 0.5) is 0 Å². The smallest absolute Gasteiger partial charge is 0.180 e. The standard InChI is InChI=1S/C16H16N2OS/c1-10-8-15(20-11(10)2)14(19)9-16-17-12-6-4-5-7-13(12)18(16)3/h4-8H,9H2,1-3H3. The minimum atomic E-state index is 0.143. The number of Topliss-reactive ketones (excluding diaryl/α,β-unsaturated/α-hetero) is 1. The molecule has 0 N–H and O–H groups in total. The Bertz CT molecular complexity index is 779. The van der Waals surface area contributed by atoms with Gasteiger partial charge >= 0.3 is 0 Å². The van der Waals surface area contributed by atoms with Crippen molar-refractivity contribution in [2.24, 2.45) is 7.05 Å². The third-order valence-electron chi connectivity index (χ3n) is 3.64. The molecule has 1 aromatic carbocycles. The molecule has 0 saturated heterocycles. The lowest BCUT2D eigenvalue weighted by atomic mass is 10.2. The van der Waals surface area contributed by atoms with E-state index in [4.69, 9.17) is 0 Å². The molecule has 0 spiro atoms. The van der Waals surface area contributed by atoms with E-state index in [1.807, 2.05) is 55.8 Å². The van der Waals surface area contributed by atoms with Crippen molar-refractivity contribution in [1.82, 2.24) is 9.55 Å². The zero-order valence-corrected chi connectivity index (χ0v) is 12.6.